The van der Waals surface area contributed by atoms with E-state index in [1.807, 2.05) is 0 Å². The average molecular weight is 338 g/mol. The number of benzene rings is 2. The van der Waals surface area contributed by atoms with Crippen LogP contribution in [0, 0.1) is 0 Å². The van der Waals surface area contributed by atoms with Crippen LogP contribution < -0.4 is 10.6 Å². The molecule has 0 heterocycles. The predicted octanol–water partition coefficient (Wildman–Crippen LogP) is 5.42. The molecule has 0 saturated heterocycles. The molecule has 0 amide bonds. The molecule has 1 aliphatic carbocycles. The summed E-state index contributed by atoms with van der Waals surface area (Å²) < 4.78 is 0. The second-order valence-electron chi connectivity index (χ2n) is 6.85. The van der Waals surface area contributed by atoms with Crippen molar-refractivity contribution in [2.75, 3.05) is 0 Å². The maximum atomic E-state index is 2.40. The van der Waals surface area contributed by atoms with Gasteiger partial charge in [-0.25, -0.2) is 0 Å². The fourth-order valence-electron chi connectivity index (χ4n) is 2.87. The van der Waals surface area contributed by atoms with Gasteiger partial charge in [-0.1, -0.05) is 99.7 Å². The Morgan fingerprint density at radius 1 is 0.826 bits per heavy atom. The number of hydrogen-bond donors (Lipinski definition) is 0. The highest BCUT2D eigenvalue weighted by Crippen LogP contribution is 2.53. The molecule has 1 aliphatic rings. The van der Waals surface area contributed by atoms with Crippen LogP contribution in [0.15, 0.2) is 84.2 Å². The van der Waals surface area contributed by atoms with Crippen LogP contribution >= 0.6 is 16.5 Å². The molecule has 2 unspecified atom stereocenters. The van der Waals surface area contributed by atoms with E-state index in [0.717, 1.165) is 8.58 Å². The van der Waals surface area contributed by atoms with E-state index in [-0.39, 0.29) is 0 Å². The summed E-state index contributed by atoms with van der Waals surface area (Å²) in [5, 5.41) is 4.87. The maximum Gasteiger partial charge on any atom is 0.0211 e. The minimum absolute atomic E-state index is 0.368. The summed E-state index contributed by atoms with van der Waals surface area (Å²) in [7, 11) is 0.480. The lowest BCUT2D eigenvalue weighted by Gasteiger charge is -2.29. The lowest BCUT2D eigenvalue weighted by Crippen LogP contribution is -2.18. The highest BCUT2D eigenvalue weighted by molar-refractivity contribution is 7.77. The van der Waals surface area contributed by atoms with Crippen LogP contribution in [-0.4, -0.2) is 10.8 Å². The summed E-state index contributed by atoms with van der Waals surface area (Å²) in [6.07, 6.45) is 7.04. The molecule has 0 spiro atoms. The Balaban J connectivity index is 2.00. The van der Waals surface area contributed by atoms with E-state index in [1.165, 1.54) is 10.6 Å². The van der Waals surface area contributed by atoms with Gasteiger partial charge in [-0.05, 0) is 29.0 Å². The zero-order chi connectivity index (χ0) is 16.3. The van der Waals surface area contributed by atoms with Crippen molar-refractivity contribution in [3.05, 3.63) is 84.2 Å². The van der Waals surface area contributed by atoms with Gasteiger partial charge in [0.15, 0.2) is 0 Å². The molecule has 3 rings (SSSR count). The number of rotatable bonds is 4. The molecule has 0 N–H and O–H groups in total. The topological polar surface area (TPSA) is 0 Å². The molecule has 0 bridgehead atoms. The van der Waals surface area contributed by atoms with E-state index in [9.17, 15) is 0 Å². The van der Waals surface area contributed by atoms with Crippen molar-refractivity contribution in [2.24, 2.45) is 0 Å². The minimum atomic E-state index is -0.439. The van der Waals surface area contributed by atoms with Crippen molar-refractivity contribution in [3.8, 4) is 0 Å². The quantitative estimate of drug-likeness (QED) is 0.653. The van der Waals surface area contributed by atoms with Crippen molar-refractivity contribution >= 4 is 27.1 Å². The van der Waals surface area contributed by atoms with Crippen molar-refractivity contribution < 1.29 is 0 Å². The van der Waals surface area contributed by atoms with E-state index < -0.39 is 7.92 Å². The summed E-state index contributed by atoms with van der Waals surface area (Å²) in [6, 6.07) is 22.0. The third-order valence-electron chi connectivity index (χ3n) is 3.76. The second-order valence-corrected chi connectivity index (χ2v) is 11.5. The highest BCUT2D eigenvalue weighted by atomic mass is 31.1. The van der Waals surface area contributed by atoms with Crippen LogP contribution in [0.25, 0.3) is 0 Å². The molecule has 2 atom stereocenters. The van der Waals surface area contributed by atoms with Gasteiger partial charge < -0.3 is 0 Å². The number of hydrogen-bond acceptors (Lipinski definition) is 0. The summed E-state index contributed by atoms with van der Waals surface area (Å²) in [5.74, 6) is 0. The molecule has 2 heteroatoms. The molecule has 0 saturated carbocycles. The Bertz CT molecular complexity index is 654. The van der Waals surface area contributed by atoms with Crippen LogP contribution in [0.2, 0.25) is 0 Å². The molecular weight excluding hydrogens is 314 g/mol. The van der Waals surface area contributed by atoms with Gasteiger partial charge in [0.05, 0.1) is 0 Å². The molecule has 0 nitrogen and oxygen atoms in total. The molecule has 0 fully saturated rings. The Labute approximate surface area is 143 Å². The zero-order valence-electron chi connectivity index (χ0n) is 14.0. The van der Waals surface area contributed by atoms with Crippen LogP contribution in [0.1, 0.15) is 20.8 Å². The average Bonchev–Trinajstić information content (AvgIpc) is 2.96. The lowest BCUT2D eigenvalue weighted by atomic mass is 10.3. The van der Waals surface area contributed by atoms with Crippen molar-refractivity contribution in [1.29, 1.82) is 0 Å². The predicted molar refractivity (Wildman–Crippen MR) is 108 cm³/mol. The normalized spacial score (nSPS) is 18.1. The Morgan fingerprint density at radius 2 is 1.35 bits per heavy atom. The summed E-state index contributed by atoms with van der Waals surface area (Å²) >= 11 is 0. The third-order valence-corrected chi connectivity index (χ3v) is 8.26. The van der Waals surface area contributed by atoms with Crippen LogP contribution in [0.3, 0.4) is 0 Å². The van der Waals surface area contributed by atoms with E-state index in [2.05, 4.69) is 99.7 Å². The molecule has 0 aromatic heterocycles. The highest BCUT2D eigenvalue weighted by Gasteiger charge is 2.28. The Hall–Kier alpha value is -1.22. The monoisotopic (exact) mass is 338 g/mol. The number of allylic oxidation sites excluding steroid dienone is 4. The van der Waals surface area contributed by atoms with Gasteiger partial charge >= 0.3 is 0 Å². The van der Waals surface area contributed by atoms with E-state index in [4.69, 9.17) is 0 Å². The first-order chi connectivity index (χ1) is 11.0. The lowest BCUT2D eigenvalue weighted by molar-refractivity contribution is 0.791. The molecule has 118 valence electrons. The zero-order valence-corrected chi connectivity index (χ0v) is 15.9. The van der Waals surface area contributed by atoms with Crippen molar-refractivity contribution in [2.45, 2.75) is 31.6 Å². The molecule has 2 aromatic rings. The van der Waals surface area contributed by atoms with Gasteiger partial charge in [0.2, 0.25) is 0 Å². The van der Waals surface area contributed by atoms with Crippen LogP contribution in [-0.2, 0) is 0 Å². The first-order valence-electron chi connectivity index (χ1n) is 8.11. The Kier molecular flexibility index (Phi) is 5.15. The fourth-order valence-corrected chi connectivity index (χ4v) is 7.27. The van der Waals surface area contributed by atoms with Crippen LogP contribution in [0.5, 0.6) is 0 Å². The van der Waals surface area contributed by atoms with Gasteiger partial charge in [0.1, 0.15) is 0 Å². The van der Waals surface area contributed by atoms with Gasteiger partial charge in [-0.2, -0.15) is 0 Å². The molecule has 0 aliphatic heterocycles. The summed E-state index contributed by atoms with van der Waals surface area (Å²) in [4.78, 5) is 0. The van der Waals surface area contributed by atoms with Crippen molar-refractivity contribution in [1.82, 2.24) is 0 Å². The van der Waals surface area contributed by atoms with E-state index >= 15 is 0 Å². The largest absolute Gasteiger partial charge is 0.105 e. The Morgan fingerprint density at radius 3 is 1.83 bits per heavy atom. The third kappa shape index (κ3) is 4.20. The minimum Gasteiger partial charge on any atom is -0.105 e. The molecular formula is C21H24P2. The first kappa shape index (κ1) is 16.6. The van der Waals surface area contributed by atoms with Crippen molar-refractivity contribution in [3.63, 3.8) is 0 Å². The van der Waals surface area contributed by atoms with Gasteiger partial charge in [0.25, 0.3) is 0 Å². The van der Waals surface area contributed by atoms with Gasteiger partial charge in [0, 0.05) is 5.66 Å². The first-order valence-corrected chi connectivity index (χ1v) is 10.5. The van der Waals surface area contributed by atoms with Gasteiger partial charge in [-0.15, -0.1) is 8.58 Å². The van der Waals surface area contributed by atoms with E-state index in [1.54, 1.807) is 5.31 Å². The van der Waals surface area contributed by atoms with E-state index in [0.29, 0.717) is 10.8 Å². The summed E-state index contributed by atoms with van der Waals surface area (Å²) in [6.45, 7) is 7.05. The SMILES string of the molecule is CC(C)(C)PC1C=CC=C1P(c1ccccc1)c1ccccc1. The molecule has 0 radical (unpaired) electrons. The smallest absolute Gasteiger partial charge is 0.0211 e. The maximum absolute atomic E-state index is 2.40. The fraction of sp³-hybridized carbons (Fsp3) is 0.238. The van der Waals surface area contributed by atoms with Crippen LogP contribution in [0.4, 0.5) is 0 Å². The standard InChI is InChI=1S/C21H24P2/c1-21(2,3)22-19-15-10-16-20(19)23(17-11-6-4-7-12-17)18-13-8-5-9-14-18/h4-16,19,22H,1-3H3. The summed E-state index contributed by atoms with van der Waals surface area (Å²) in [5.41, 5.74) is 0.585. The molecule has 23 heavy (non-hydrogen) atoms. The molecule has 2 aromatic carbocycles. The second kappa shape index (κ2) is 7.12. The van der Waals surface area contributed by atoms with Gasteiger partial charge in [-0.3, -0.25) is 0 Å².